The highest BCUT2D eigenvalue weighted by molar-refractivity contribution is 6.29. The molecule has 1 aliphatic heterocycles. The first kappa shape index (κ1) is 13.5. The first-order valence-corrected chi connectivity index (χ1v) is 6.18. The quantitative estimate of drug-likeness (QED) is 0.500. The lowest BCUT2D eigenvalue weighted by atomic mass is 10.1. The molecule has 3 unspecified atom stereocenters. The summed E-state index contributed by atoms with van der Waals surface area (Å²) in [5.74, 6) is 0.141. The zero-order valence-corrected chi connectivity index (χ0v) is 10.8. The molecule has 0 radical (unpaired) electrons. The molecule has 0 saturated carbocycles. The second-order valence-corrected chi connectivity index (χ2v) is 4.75. The van der Waals surface area contributed by atoms with E-state index in [1.165, 1.54) is 10.9 Å². The summed E-state index contributed by atoms with van der Waals surface area (Å²) < 4.78 is 6.70. The molecule has 108 valence electrons. The molecule has 2 aromatic heterocycles. The van der Waals surface area contributed by atoms with Crippen LogP contribution in [0.5, 0.6) is 0 Å². The van der Waals surface area contributed by atoms with Crippen LogP contribution in [0.4, 0.5) is 5.82 Å². The lowest BCUT2D eigenvalue weighted by Gasteiger charge is -2.17. The van der Waals surface area contributed by atoms with Crippen LogP contribution in [-0.4, -0.2) is 59.8 Å². The number of aliphatic hydroxyl groups excluding tert-OH is 3. The third-order valence-corrected chi connectivity index (χ3v) is 3.50. The van der Waals surface area contributed by atoms with E-state index in [9.17, 15) is 10.2 Å². The van der Waals surface area contributed by atoms with E-state index < -0.39 is 31.1 Å². The molecule has 1 aliphatic rings. The molecule has 1 saturated heterocycles. The number of nitrogens with two attached hydrogens (primary N) is 1. The van der Waals surface area contributed by atoms with Crippen LogP contribution < -0.4 is 5.73 Å². The van der Waals surface area contributed by atoms with Crippen LogP contribution in [-0.2, 0) is 4.74 Å². The van der Waals surface area contributed by atoms with Crippen molar-refractivity contribution in [2.24, 2.45) is 0 Å². The summed E-state index contributed by atoms with van der Waals surface area (Å²) in [5, 5.41) is 28.9. The molecule has 0 bridgehead atoms. The van der Waals surface area contributed by atoms with Gasteiger partial charge in [0, 0.05) is 0 Å². The second-order valence-electron chi connectivity index (χ2n) is 4.41. The number of hydrogen-bond donors (Lipinski definition) is 4. The van der Waals surface area contributed by atoms with E-state index >= 15 is 0 Å². The maximum Gasteiger partial charge on any atom is 0.207 e. The fourth-order valence-electron chi connectivity index (χ4n) is 2.22. The number of nitrogens with zero attached hydrogens (tertiary/aromatic N) is 4. The fourth-order valence-corrected chi connectivity index (χ4v) is 2.48. The van der Waals surface area contributed by atoms with Crippen LogP contribution in [0.15, 0.2) is 6.33 Å². The van der Waals surface area contributed by atoms with Gasteiger partial charge in [-0.3, -0.25) is 4.57 Å². The van der Waals surface area contributed by atoms with Gasteiger partial charge in [-0.25, -0.2) is 15.0 Å². The minimum atomic E-state index is -1.28. The summed E-state index contributed by atoms with van der Waals surface area (Å²) in [5.41, 5.74) is 6.22. The van der Waals surface area contributed by atoms with E-state index in [1.807, 2.05) is 0 Å². The van der Waals surface area contributed by atoms with Gasteiger partial charge >= 0.3 is 0 Å². The first-order chi connectivity index (χ1) is 9.54. The van der Waals surface area contributed by atoms with Crippen molar-refractivity contribution in [1.29, 1.82) is 0 Å². The Kier molecular flexibility index (Phi) is 3.22. The number of nitrogen functional groups attached to an aromatic ring is 1. The van der Waals surface area contributed by atoms with Crippen molar-refractivity contribution >= 4 is 28.6 Å². The number of aliphatic hydroxyl groups is 3. The molecule has 0 aliphatic carbocycles. The van der Waals surface area contributed by atoms with Crippen LogP contribution in [0.2, 0.25) is 5.28 Å². The summed E-state index contributed by atoms with van der Waals surface area (Å²) >= 11 is 6.02. The molecule has 4 atom stereocenters. The Balaban J connectivity index is 2.11. The fraction of sp³-hybridized carbons (Fsp3) is 0.500. The van der Waals surface area contributed by atoms with Crippen molar-refractivity contribution in [2.45, 2.75) is 24.5 Å². The van der Waals surface area contributed by atoms with Gasteiger partial charge in [0.2, 0.25) is 5.28 Å². The Bertz CT molecular complexity index is 650. The van der Waals surface area contributed by atoms with Gasteiger partial charge in [-0.1, -0.05) is 0 Å². The highest BCUT2D eigenvalue weighted by atomic mass is 35.5. The average molecular weight is 302 g/mol. The van der Waals surface area contributed by atoms with Gasteiger partial charge in [0.05, 0.1) is 6.61 Å². The molecule has 0 amide bonds. The van der Waals surface area contributed by atoms with Gasteiger partial charge in [-0.2, -0.15) is 0 Å². The van der Waals surface area contributed by atoms with Crippen molar-refractivity contribution in [2.75, 3.05) is 12.3 Å². The number of anilines is 1. The maximum atomic E-state index is 10.0. The zero-order valence-electron chi connectivity index (χ0n) is 10.1. The van der Waals surface area contributed by atoms with Crippen LogP contribution in [0.3, 0.4) is 0 Å². The first-order valence-electron chi connectivity index (χ1n) is 5.81. The van der Waals surface area contributed by atoms with Gasteiger partial charge in [0.15, 0.2) is 23.2 Å². The summed E-state index contributed by atoms with van der Waals surface area (Å²) in [6, 6.07) is 0. The summed E-state index contributed by atoms with van der Waals surface area (Å²) in [4.78, 5) is 11.8. The van der Waals surface area contributed by atoms with Crippen LogP contribution in [0.1, 0.15) is 6.23 Å². The SMILES string of the molecule is Nc1ncnc2c1nc(Cl)n2C1OC(CO)C(O)[C@@H]1O. The van der Waals surface area contributed by atoms with Crippen molar-refractivity contribution in [3.05, 3.63) is 11.6 Å². The van der Waals surface area contributed by atoms with Gasteiger partial charge < -0.3 is 25.8 Å². The molecule has 3 rings (SSSR count). The predicted molar refractivity (Wildman–Crippen MR) is 67.8 cm³/mol. The zero-order chi connectivity index (χ0) is 14.4. The number of hydrogen-bond acceptors (Lipinski definition) is 8. The van der Waals surface area contributed by atoms with Crippen molar-refractivity contribution < 1.29 is 20.1 Å². The Morgan fingerprint density at radius 2 is 2.10 bits per heavy atom. The van der Waals surface area contributed by atoms with E-state index in [0.29, 0.717) is 0 Å². The Hall–Kier alpha value is -1.52. The van der Waals surface area contributed by atoms with Gasteiger partial charge in [0.25, 0.3) is 0 Å². The lowest BCUT2D eigenvalue weighted by Crippen LogP contribution is -2.33. The summed E-state index contributed by atoms with van der Waals surface area (Å²) in [6.45, 7) is -0.434. The molecular weight excluding hydrogens is 290 g/mol. The standard InChI is InChI=1S/C10H12ClN5O4/c11-10-15-4-7(12)13-2-14-8(4)16(10)9-6(19)5(18)3(1-17)20-9/h2-3,5-6,9,17-19H,1H2,(H2,12,13,14)/t3?,5?,6-,9?/m0/s1. The van der Waals surface area contributed by atoms with Crippen LogP contribution >= 0.6 is 11.6 Å². The molecule has 20 heavy (non-hydrogen) atoms. The third-order valence-electron chi connectivity index (χ3n) is 3.23. The van der Waals surface area contributed by atoms with Gasteiger partial charge in [-0.05, 0) is 11.6 Å². The molecule has 3 heterocycles. The number of fused-ring (bicyclic) bond motifs is 1. The van der Waals surface area contributed by atoms with E-state index in [2.05, 4.69) is 15.0 Å². The molecule has 0 aromatic carbocycles. The smallest absolute Gasteiger partial charge is 0.207 e. The molecule has 10 heteroatoms. The normalized spacial score (nSPS) is 30.2. The number of aromatic nitrogens is 4. The van der Waals surface area contributed by atoms with Crippen molar-refractivity contribution in [3.8, 4) is 0 Å². The Morgan fingerprint density at radius 1 is 1.35 bits per heavy atom. The highest BCUT2D eigenvalue weighted by Gasteiger charge is 2.44. The number of rotatable bonds is 2. The topological polar surface area (TPSA) is 140 Å². The third kappa shape index (κ3) is 1.83. The molecular formula is C10H12ClN5O4. The highest BCUT2D eigenvalue weighted by Crippen LogP contribution is 2.34. The summed E-state index contributed by atoms with van der Waals surface area (Å²) in [7, 11) is 0. The Labute approximate surface area is 117 Å². The lowest BCUT2D eigenvalue weighted by molar-refractivity contribution is -0.0509. The molecule has 9 nitrogen and oxygen atoms in total. The van der Waals surface area contributed by atoms with Gasteiger partial charge in [0.1, 0.15) is 24.6 Å². The molecule has 0 spiro atoms. The number of imidazole rings is 1. The monoisotopic (exact) mass is 301 g/mol. The van der Waals surface area contributed by atoms with E-state index in [0.717, 1.165) is 0 Å². The molecule has 2 aromatic rings. The maximum absolute atomic E-state index is 10.0. The van der Waals surface area contributed by atoms with Crippen LogP contribution in [0, 0.1) is 0 Å². The minimum Gasteiger partial charge on any atom is -0.394 e. The van der Waals surface area contributed by atoms with E-state index in [-0.39, 0.29) is 22.3 Å². The predicted octanol–water partition coefficient (Wildman–Crippen LogP) is -1.33. The number of ether oxygens (including phenoxy) is 1. The van der Waals surface area contributed by atoms with Crippen molar-refractivity contribution in [1.82, 2.24) is 19.5 Å². The van der Waals surface area contributed by atoms with E-state index in [1.54, 1.807) is 0 Å². The van der Waals surface area contributed by atoms with Crippen LogP contribution in [0.25, 0.3) is 11.2 Å². The Morgan fingerprint density at radius 3 is 2.75 bits per heavy atom. The largest absolute Gasteiger partial charge is 0.394 e. The summed E-state index contributed by atoms with van der Waals surface area (Å²) in [6.07, 6.45) is -3.22. The number of halogens is 1. The minimum absolute atomic E-state index is 0.0120. The van der Waals surface area contributed by atoms with Crippen molar-refractivity contribution in [3.63, 3.8) is 0 Å². The van der Waals surface area contributed by atoms with Gasteiger partial charge in [-0.15, -0.1) is 0 Å². The van der Waals surface area contributed by atoms with E-state index in [4.69, 9.17) is 27.2 Å². The molecule has 1 fully saturated rings. The molecule has 5 N–H and O–H groups in total. The second kappa shape index (κ2) is 4.79. The average Bonchev–Trinajstić information content (AvgIpc) is 2.90.